The van der Waals surface area contributed by atoms with Gasteiger partial charge in [-0.25, -0.2) is 18.7 Å². The van der Waals surface area contributed by atoms with Crippen molar-refractivity contribution in [2.24, 2.45) is 0 Å². The number of ether oxygens (including phenoxy) is 2. The minimum atomic E-state index is -0.313. The van der Waals surface area contributed by atoms with Gasteiger partial charge >= 0.3 is 0 Å². The summed E-state index contributed by atoms with van der Waals surface area (Å²) in [5, 5.41) is 7.19. The average Bonchev–Trinajstić information content (AvgIpc) is 3.25. The van der Waals surface area contributed by atoms with E-state index in [9.17, 15) is 8.78 Å². The van der Waals surface area contributed by atoms with Crippen LogP contribution in [0.5, 0.6) is 0 Å². The monoisotopic (exact) mass is 837 g/mol. The number of hydrogen-bond donors (Lipinski definition) is 1. The van der Waals surface area contributed by atoms with E-state index in [0.717, 1.165) is 76.3 Å². The molecule has 4 heterocycles. The van der Waals surface area contributed by atoms with E-state index in [2.05, 4.69) is 38.3 Å². The van der Waals surface area contributed by atoms with Gasteiger partial charge in [0.05, 0.1) is 70.9 Å². The third kappa shape index (κ3) is 8.28. The van der Waals surface area contributed by atoms with Crippen molar-refractivity contribution in [3.8, 4) is 22.5 Å². The highest BCUT2D eigenvalue weighted by molar-refractivity contribution is 6.37. The van der Waals surface area contributed by atoms with Crippen LogP contribution in [0.4, 0.5) is 31.5 Å². The highest BCUT2D eigenvalue weighted by Gasteiger charge is 2.22. The van der Waals surface area contributed by atoms with Crippen LogP contribution in [-0.4, -0.2) is 62.6 Å². The minimum absolute atomic E-state index is 0.300. The summed E-state index contributed by atoms with van der Waals surface area (Å²) < 4.78 is 40.1. The maximum atomic E-state index is 14.9. The second-order valence-corrected chi connectivity index (χ2v) is 15.4. The molecule has 2 aromatic heterocycles. The first-order valence-corrected chi connectivity index (χ1v) is 20.2. The van der Waals surface area contributed by atoms with E-state index in [1.54, 1.807) is 48.5 Å². The lowest BCUT2D eigenvalue weighted by Gasteiger charge is -2.33. The second kappa shape index (κ2) is 17.4. The largest absolute Gasteiger partial charge is 0.378 e. The van der Waals surface area contributed by atoms with Gasteiger partial charge in [0, 0.05) is 63.8 Å². The van der Waals surface area contributed by atoms with E-state index in [-0.39, 0.29) is 11.6 Å². The Kier molecular flexibility index (Phi) is 12.0. The average molecular weight is 839 g/mol. The van der Waals surface area contributed by atoms with Gasteiger partial charge in [-0.2, -0.15) is 0 Å². The Balaban J connectivity index is 0.000000197. The van der Waals surface area contributed by atoms with Gasteiger partial charge in [-0.05, 0) is 104 Å². The predicted molar refractivity (Wildman–Crippen MR) is 235 cm³/mol. The van der Waals surface area contributed by atoms with Crippen LogP contribution in [-0.2, 0) is 9.47 Å². The van der Waals surface area contributed by atoms with Gasteiger partial charge < -0.3 is 24.6 Å². The minimum Gasteiger partial charge on any atom is -0.378 e. The molecule has 2 fully saturated rings. The molecule has 2 saturated heterocycles. The molecule has 2 aliphatic rings. The molecule has 58 heavy (non-hydrogen) atoms. The zero-order valence-electron chi connectivity index (χ0n) is 32.0. The molecule has 1 N–H and O–H groups in total. The first-order valence-electron chi connectivity index (χ1n) is 19.1. The third-order valence-corrected chi connectivity index (χ3v) is 11.5. The molecule has 0 bridgehead atoms. The van der Waals surface area contributed by atoms with Crippen molar-refractivity contribution >= 4 is 79.4 Å². The van der Waals surface area contributed by atoms with Gasteiger partial charge in [0.25, 0.3) is 0 Å². The molecule has 7 nitrogen and oxygen atoms in total. The lowest BCUT2D eigenvalue weighted by Crippen LogP contribution is -2.37. The number of benzene rings is 5. The van der Waals surface area contributed by atoms with Gasteiger partial charge in [0.1, 0.15) is 11.6 Å². The van der Waals surface area contributed by atoms with E-state index in [1.165, 1.54) is 12.1 Å². The molecule has 0 atom stereocenters. The number of rotatable bonds is 6. The Bertz CT molecular complexity index is 2630. The SMILES string of the molecule is Cc1c(-c2ccccc2F)nc2ccc(Cl)cc2c1Cl.Cc1c(-c2ccccc2F)nc2ccc(Cl)cc2c1Nc1cc(N2CCOCC2)ccc1N1CCOCC1. The molecule has 7 aromatic rings. The van der Waals surface area contributed by atoms with Crippen LogP contribution in [0.1, 0.15) is 11.1 Å². The number of nitrogens with one attached hydrogen (secondary N) is 1. The van der Waals surface area contributed by atoms with Crippen molar-refractivity contribution in [3.63, 3.8) is 0 Å². The van der Waals surface area contributed by atoms with Crippen molar-refractivity contribution in [3.05, 3.63) is 141 Å². The van der Waals surface area contributed by atoms with Gasteiger partial charge in [-0.15, -0.1) is 0 Å². The van der Waals surface area contributed by atoms with Crippen LogP contribution in [0.3, 0.4) is 0 Å². The Morgan fingerprint density at radius 1 is 0.586 bits per heavy atom. The normalized spacial score (nSPS) is 14.4. The second-order valence-electron chi connectivity index (χ2n) is 14.2. The van der Waals surface area contributed by atoms with Crippen molar-refractivity contribution in [2.75, 3.05) is 67.7 Å². The molecule has 0 aliphatic carbocycles. The number of nitrogens with zero attached hydrogens (tertiary/aromatic N) is 4. The first kappa shape index (κ1) is 39.8. The summed E-state index contributed by atoms with van der Waals surface area (Å²) in [6.07, 6.45) is 0. The molecule has 2 aliphatic heterocycles. The molecular weight excluding hydrogens is 799 g/mol. The van der Waals surface area contributed by atoms with Crippen molar-refractivity contribution < 1.29 is 18.3 Å². The van der Waals surface area contributed by atoms with E-state index >= 15 is 0 Å². The molecule has 0 unspecified atom stereocenters. The van der Waals surface area contributed by atoms with Crippen LogP contribution in [0.15, 0.2) is 103 Å². The zero-order chi connectivity index (χ0) is 40.3. The summed E-state index contributed by atoms with van der Waals surface area (Å²) in [6, 6.07) is 30.8. The highest BCUT2D eigenvalue weighted by atomic mass is 35.5. The number of halogens is 5. The summed E-state index contributed by atoms with van der Waals surface area (Å²) in [5.74, 6) is -0.613. The number of fused-ring (bicyclic) bond motifs is 2. The Morgan fingerprint density at radius 3 is 1.69 bits per heavy atom. The zero-order valence-corrected chi connectivity index (χ0v) is 34.2. The quantitative estimate of drug-likeness (QED) is 0.179. The van der Waals surface area contributed by atoms with Crippen molar-refractivity contribution in [1.29, 1.82) is 0 Å². The molecule has 0 amide bonds. The van der Waals surface area contributed by atoms with E-state index in [4.69, 9.17) is 49.3 Å². The van der Waals surface area contributed by atoms with Crippen LogP contribution >= 0.6 is 34.8 Å². The van der Waals surface area contributed by atoms with Crippen LogP contribution < -0.4 is 15.1 Å². The maximum Gasteiger partial charge on any atom is 0.132 e. The summed E-state index contributed by atoms with van der Waals surface area (Å²) in [7, 11) is 0. The number of morpholine rings is 2. The summed E-state index contributed by atoms with van der Waals surface area (Å²) >= 11 is 18.8. The molecular formula is C46H40Cl3F2N5O2. The number of pyridine rings is 2. The maximum absolute atomic E-state index is 14.9. The predicted octanol–water partition coefficient (Wildman–Crippen LogP) is 12.1. The molecule has 0 saturated carbocycles. The van der Waals surface area contributed by atoms with Crippen molar-refractivity contribution in [1.82, 2.24) is 9.97 Å². The van der Waals surface area contributed by atoms with Crippen molar-refractivity contribution in [2.45, 2.75) is 13.8 Å². The van der Waals surface area contributed by atoms with E-state index in [1.807, 2.05) is 38.1 Å². The fourth-order valence-electron chi connectivity index (χ4n) is 7.47. The number of anilines is 4. The Labute approximate surface area is 351 Å². The topological polar surface area (TPSA) is 62.8 Å². The Morgan fingerprint density at radius 2 is 1.10 bits per heavy atom. The lowest BCUT2D eigenvalue weighted by molar-refractivity contribution is 0.122. The van der Waals surface area contributed by atoms with E-state index in [0.29, 0.717) is 69.5 Å². The smallest absolute Gasteiger partial charge is 0.132 e. The Hall–Kier alpha value is -5.03. The first-order chi connectivity index (χ1) is 28.2. The van der Waals surface area contributed by atoms with Crippen LogP contribution in [0.2, 0.25) is 15.1 Å². The molecule has 296 valence electrons. The fraction of sp³-hybridized carbons (Fsp3) is 0.217. The third-order valence-electron chi connectivity index (χ3n) is 10.5. The molecule has 0 radical (unpaired) electrons. The molecule has 9 rings (SSSR count). The summed E-state index contributed by atoms with van der Waals surface area (Å²) in [5.41, 5.74) is 9.21. The number of hydrogen-bond acceptors (Lipinski definition) is 7. The number of aromatic nitrogens is 2. The van der Waals surface area contributed by atoms with Gasteiger partial charge in [-0.1, -0.05) is 59.1 Å². The van der Waals surface area contributed by atoms with Gasteiger partial charge in [0.15, 0.2) is 0 Å². The van der Waals surface area contributed by atoms with Gasteiger partial charge in [0.2, 0.25) is 0 Å². The summed E-state index contributed by atoms with van der Waals surface area (Å²) in [4.78, 5) is 14.1. The van der Waals surface area contributed by atoms with Crippen LogP contribution in [0.25, 0.3) is 44.3 Å². The lowest BCUT2D eigenvalue weighted by atomic mass is 10.0. The molecule has 5 aromatic carbocycles. The fourth-order valence-corrected chi connectivity index (χ4v) is 8.06. The summed E-state index contributed by atoms with van der Waals surface area (Å²) in [6.45, 7) is 9.95. The highest BCUT2D eigenvalue weighted by Crippen LogP contribution is 2.41. The van der Waals surface area contributed by atoms with Crippen LogP contribution in [0, 0.1) is 25.5 Å². The standard InChI is InChI=1S/C30H30ClFN4O2.C16H10Cl2FN/c1-20-29(23-4-2-3-5-25(23)32)33-26-8-6-21(31)18-24(26)30(20)34-27-19-22(35-10-14-37-15-11-35)7-9-28(27)36-12-16-38-17-13-36;1-9-15(18)12-8-10(17)6-7-14(12)20-16(9)11-4-2-3-5-13(11)19/h2-9,18-19H,10-17H2,1H3,(H,33,34);2-8H,1H3. The van der Waals surface area contributed by atoms with Gasteiger partial charge in [-0.3, -0.25) is 0 Å². The molecule has 12 heteroatoms. The molecule has 0 spiro atoms. The van der Waals surface area contributed by atoms with E-state index < -0.39 is 0 Å².